The number of fused-ring (bicyclic) bond motifs is 2. The maximum atomic E-state index is 13.3. The van der Waals surface area contributed by atoms with Gasteiger partial charge >= 0.3 is 0 Å². The van der Waals surface area contributed by atoms with Crippen molar-refractivity contribution < 1.29 is 36.2 Å². The number of anilines is 8. The van der Waals surface area contributed by atoms with E-state index < -0.39 is 35.9 Å². The topological polar surface area (TPSA) is 259 Å². The molecule has 11 rings (SSSR count). The molecule has 0 fully saturated rings. The van der Waals surface area contributed by atoms with Gasteiger partial charge in [-0.3, -0.25) is 9.11 Å². The summed E-state index contributed by atoms with van der Waals surface area (Å²) in [6, 6.07) is 41.9. The zero-order chi connectivity index (χ0) is 70.6. The lowest BCUT2D eigenvalue weighted by molar-refractivity contribution is 0.437. The van der Waals surface area contributed by atoms with Gasteiger partial charge in [-0.05, 0) is 209 Å². The molecule has 0 bridgehead atoms. The Labute approximate surface area is 568 Å². The Morgan fingerprint density at radius 1 is 0.381 bits per heavy atom. The molecule has 0 aliphatic heterocycles. The highest BCUT2D eigenvalue weighted by molar-refractivity contribution is 7.86. The van der Waals surface area contributed by atoms with E-state index in [9.17, 15) is 36.2 Å². The van der Waals surface area contributed by atoms with Crippen molar-refractivity contribution in [3.05, 3.63) is 212 Å². The first-order valence-corrected chi connectivity index (χ1v) is 35.1. The molecular formula is C77H86N10O8S2. The highest BCUT2D eigenvalue weighted by atomic mass is 32.2. The fraction of sp³-hybridized carbons (Fsp3) is 0.299. The lowest BCUT2D eigenvalue weighted by Gasteiger charge is -2.27. The second kappa shape index (κ2) is 24.8. The minimum absolute atomic E-state index is 0.0739. The van der Waals surface area contributed by atoms with Crippen LogP contribution < -0.4 is 21.3 Å². The Morgan fingerprint density at radius 2 is 0.722 bits per heavy atom. The standard InChI is InChI=1S/C77H86N10O8S2/c1-42-33-44(3)70(80-54-27-31-60-62(39-54)84-86(82-60)64-37-50(74(7,8)9)35-58(72(64)88)76(13,14)15)46(5)68(42)78-52-23-19-48(20-24-52)67(57-30-29-56(96(90,91)92)41-66(57)97(93,94)95)49-21-25-53(26-22-49)79-69-43(2)34-45(4)71(47(69)6)81-55-28-32-61-63(40-55)85-87(83-61)65-38-51(75(10,11)12)36-59(73(65)89)77(16,17)18/h19-41,67,78-81,88-89H,1-18H3,(H,90,91,92)(H,93,94,95). The van der Waals surface area contributed by atoms with Crippen LogP contribution in [0.1, 0.15) is 161 Å². The number of phenols is 2. The molecule has 0 aliphatic carbocycles. The van der Waals surface area contributed by atoms with E-state index in [2.05, 4.69) is 129 Å². The first-order valence-electron chi connectivity index (χ1n) is 32.2. The minimum atomic E-state index is -5.07. The van der Waals surface area contributed by atoms with Crippen LogP contribution in [0, 0.1) is 41.5 Å². The number of benzene rings is 9. The molecule has 0 spiro atoms. The lowest BCUT2D eigenvalue weighted by Crippen LogP contribution is -2.18. The number of aromatic nitrogens is 6. The van der Waals surface area contributed by atoms with Crippen LogP contribution in [0.2, 0.25) is 0 Å². The Hall–Kier alpha value is -9.60. The fourth-order valence-electron chi connectivity index (χ4n) is 12.7. The van der Waals surface area contributed by atoms with Gasteiger partial charge in [0, 0.05) is 62.5 Å². The number of hydrogen-bond donors (Lipinski definition) is 8. The van der Waals surface area contributed by atoms with E-state index >= 15 is 0 Å². The van der Waals surface area contributed by atoms with Crippen LogP contribution in [0.3, 0.4) is 0 Å². The van der Waals surface area contributed by atoms with E-state index in [0.29, 0.717) is 55.9 Å². The van der Waals surface area contributed by atoms with Gasteiger partial charge in [-0.25, -0.2) is 0 Å². The molecule has 9 aromatic carbocycles. The first-order chi connectivity index (χ1) is 45.1. The third-order valence-electron chi connectivity index (χ3n) is 18.1. The maximum absolute atomic E-state index is 13.3. The Kier molecular flexibility index (Phi) is 17.6. The smallest absolute Gasteiger partial charge is 0.294 e. The van der Waals surface area contributed by atoms with Crippen molar-refractivity contribution in [3.8, 4) is 22.9 Å². The van der Waals surface area contributed by atoms with Crippen molar-refractivity contribution >= 4 is 87.8 Å². The molecule has 20 heteroatoms. The molecular weight excluding hydrogens is 1260 g/mol. The summed E-state index contributed by atoms with van der Waals surface area (Å²) in [7, 11) is -9.95. The van der Waals surface area contributed by atoms with Gasteiger partial charge in [0.1, 0.15) is 44.9 Å². The largest absolute Gasteiger partial charge is 0.505 e. The molecule has 18 nitrogen and oxygen atoms in total. The normalized spacial score (nSPS) is 12.7. The molecule has 8 N–H and O–H groups in total. The number of aromatic hydroxyl groups is 2. The number of rotatable bonds is 15. The molecule has 0 unspecified atom stereocenters. The van der Waals surface area contributed by atoms with Gasteiger partial charge in [0.25, 0.3) is 20.2 Å². The van der Waals surface area contributed by atoms with Crippen molar-refractivity contribution in [2.24, 2.45) is 0 Å². The van der Waals surface area contributed by atoms with Gasteiger partial charge in [0.15, 0.2) is 0 Å². The third kappa shape index (κ3) is 14.0. The monoisotopic (exact) mass is 1340 g/mol. The predicted octanol–water partition coefficient (Wildman–Crippen LogP) is 18.3. The quantitative estimate of drug-likeness (QED) is 0.0351. The first kappa shape index (κ1) is 68.8. The summed E-state index contributed by atoms with van der Waals surface area (Å²) in [4.78, 5) is 1.65. The molecule has 0 saturated carbocycles. The predicted molar refractivity (Wildman–Crippen MR) is 390 cm³/mol. The van der Waals surface area contributed by atoms with Crippen LogP contribution >= 0.6 is 0 Å². The highest BCUT2D eigenvalue weighted by Crippen LogP contribution is 2.45. The second-order valence-electron chi connectivity index (χ2n) is 29.8. The van der Waals surface area contributed by atoms with E-state index in [-0.39, 0.29) is 38.7 Å². The molecule has 2 aromatic heterocycles. The molecule has 97 heavy (non-hydrogen) atoms. The zero-order valence-corrected chi connectivity index (χ0v) is 59.9. The number of phenolic OH excluding ortho intramolecular Hbond substituents is 2. The summed E-state index contributed by atoms with van der Waals surface area (Å²) in [5, 5.41) is 57.2. The number of nitrogens with zero attached hydrogens (tertiary/aromatic N) is 6. The number of nitrogens with one attached hydrogen (secondary N) is 4. The van der Waals surface area contributed by atoms with Crippen LogP contribution in [0.4, 0.5) is 45.5 Å². The number of aryl methyl sites for hydroxylation is 4. The van der Waals surface area contributed by atoms with Crippen LogP contribution in [0.5, 0.6) is 11.5 Å². The molecule has 11 aromatic rings. The van der Waals surface area contributed by atoms with Gasteiger partial charge in [-0.2, -0.15) is 16.8 Å². The Morgan fingerprint density at radius 3 is 1.05 bits per heavy atom. The van der Waals surface area contributed by atoms with Gasteiger partial charge in [0.2, 0.25) is 0 Å². The van der Waals surface area contributed by atoms with Crippen molar-refractivity contribution in [1.82, 2.24) is 30.0 Å². The van der Waals surface area contributed by atoms with Crippen LogP contribution in [-0.4, -0.2) is 66.1 Å². The van der Waals surface area contributed by atoms with Gasteiger partial charge in [-0.15, -0.1) is 30.0 Å². The van der Waals surface area contributed by atoms with Crippen molar-refractivity contribution in [3.63, 3.8) is 0 Å². The van der Waals surface area contributed by atoms with E-state index in [1.165, 1.54) is 15.7 Å². The summed E-state index contributed by atoms with van der Waals surface area (Å²) in [5.74, 6) is -0.605. The third-order valence-corrected chi connectivity index (χ3v) is 19.9. The fourth-order valence-corrected chi connectivity index (χ4v) is 14.0. The highest BCUT2D eigenvalue weighted by Gasteiger charge is 2.31. The van der Waals surface area contributed by atoms with E-state index in [1.807, 2.05) is 139 Å². The van der Waals surface area contributed by atoms with E-state index in [4.69, 9.17) is 20.4 Å². The molecule has 504 valence electrons. The Balaban J connectivity index is 0.875. The van der Waals surface area contributed by atoms with Gasteiger partial charge in [-0.1, -0.05) is 138 Å². The average Bonchev–Trinajstić information content (AvgIpc) is 1.75. The summed E-state index contributed by atoms with van der Waals surface area (Å²) in [5.41, 5.74) is 19.9. The SMILES string of the molecule is Cc1cc(C)c(Nc2ccc3nn(-c4cc(C(C)(C)C)cc(C(C)(C)C)c4O)nc3c2)c(C)c1Nc1ccc(C(c2ccc(Nc3c(C)cc(C)c(Nc4ccc5nn(-c6cc(C(C)(C)C)cc(C(C)(C)C)c6O)nc5c4)c3C)cc2)c2ccc(S(=O)(=O)O)cc2S(=O)(=O)O)cc1. The van der Waals surface area contributed by atoms with E-state index in [0.717, 1.165) is 102 Å². The van der Waals surface area contributed by atoms with Crippen molar-refractivity contribution in [1.29, 1.82) is 0 Å². The second-order valence-corrected chi connectivity index (χ2v) is 32.6. The summed E-state index contributed by atoms with van der Waals surface area (Å²) in [6.07, 6.45) is 0. The molecule has 0 saturated heterocycles. The Bertz CT molecular complexity index is 4920. The van der Waals surface area contributed by atoms with Crippen molar-refractivity contribution in [2.45, 2.75) is 162 Å². The average molecular weight is 1340 g/mol. The molecule has 0 atom stereocenters. The van der Waals surface area contributed by atoms with Gasteiger partial charge in [0.05, 0.1) is 9.79 Å². The molecule has 2 heterocycles. The summed E-state index contributed by atoms with van der Waals surface area (Å²) in [6.45, 7) is 37.5. The van der Waals surface area contributed by atoms with Crippen LogP contribution in [0.25, 0.3) is 33.4 Å². The molecule has 0 aliphatic rings. The summed E-state index contributed by atoms with van der Waals surface area (Å²) < 4.78 is 72.2. The summed E-state index contributed by atoms with van der Waals surface area (Å²) >= 11 is 0. The van der Waals surface area contributed by atoms with Crippen molar-refractivity contribution in [2.75, 3.05) is 21.3 Å². The van der Waals surface area contributed by atoms with E-state index in [1.54, 1.807) is 0 Å². The molecule has 0 amide bonds. The lowest BCUT2D eigenvalue weighted by atomic mass is 9.80. The maximum Gasteiger partial charge on any atom is 0.294 e. The van der Waals surface area contributed by atoms with Crippen LogP contribution in [0.15, 0.2) is 149 Å². The zero-order valence-electron chi connectivity index (χ0n) is 58.3. The van der Waals surface area contributed by atoms with Gasteiger partial charge < -0.3 is 31.5 Å². The molecule has 0 radical (unpaired) electrons. The number of hydrogen-bond acceptors (Lipinski definition) is 14. The van der Waals surface area contributed by atoms with Crippen LogP contribution in [-0.2, 0) is 41.9 Å². The minimum Gasteiger partial charge on any atom is -0.505 e.